The summed E-state index contributed by atoms with van der Waals surface area (Å²) in [5.41, 5.74) is 0.393. The lowest BCUT2D eigenvalue weighted by Gasteiger charge is -2.15. The van der Waals surface area contributed by atoms with Crippen molar-refractivity contribution in [2.75, 3.05) is 7.05 Å². The average Bonchev–Trinajstić information content (AvgIpc) is 2.93. The molecule has 0 bridgehead atoms. The maximum Gasteiger partial charge on any atom is 0.573 e. The Morgan fingerprint density at radius 2 is 1.83 bits per heavy atom. The molecular weight excluding hydrogens is 339 g/mol. The predicted octanol–water partition coefficient (Wildman–Crippen LogP) is 3.82. The largest absolute Gasteiger partial charge is 0.573 e. The van der Waals surface area contributed by atoms with Crippen LogP contribution in [0.15, 0.2) is 41.4 Å². The van der Waals surface area contributed by atoms with Crippen molar-refractivity contribution >= 4 is 17.3 Å². The minimum Gasteiger partial charge on any atom is -0.405 e. The third-order valence-corrected chi connectivity index (χ3v) is 4.09. The molecule has 0 spiro atoms. The number of benzene rings is 1. The molecule has 0 amide bonds. The summed E-state index contributed by atoms with van der Waals surface area (Å²) in [6.45, 7) is 2.78. The van der Waals surface area contributed by atoms with Crippen LogP contribution in [0.3, 0.4) is 0 Å². The van der Waals surface area contributed by atoms with Gasteiger partial charge in [-0.15, -0.1) is 24.5 Å². The van der Waals surface area contributed by atoms with Gasteiger partial charge in [0.05, 0.1) is 6.54 Å². The predicted molar refractivity (Wildman–Crippen MR) is 89.2 cm³/mol. The molecular formula is C16H18F3N3OS. The monoisotopic (exact) mass is 357 g/mol. The fourth-order valence-electron chi connectivity index (χ4n) is 2.02. The lowest BCUT2D eigenvalue weighted by atomic mass is 10.2. The molecule has 0 fully saturated rings. The van der Waals surface area contributed by atoms with E-state index in [9.17, 15) is 13.2 Å². The van der Waals surface area contributed by atoms with E-state index in [4.69, 9.17) is 0 Å². The van der Waals surface area contributed by atoms with Gasteiger partial charge in [-0.3, -0.25) is 4.99 Å². The summed E-state index contributed by atoms with van der Waals surface area (Å²) in [5, 5.41) is 6.11. The number of guanidine groups is 1. The molecule has 1 aromatic heterocycles. The van der Waals surface area contributed by atoms with Crippen LogP contribution in [0.4, 0.5) is 13.2 Å². The quantitative estimate of drug-likeness (QED) is 0.632. The Kier molecular flexibility index (Phi) is 6.08. The van der Waals surface area contributed by atoms with Gasteiger partial charge in [0.25, 0.3) is 0 Å². The van der Waals surface area contributed by atoms with Crippen molar-refractivity contribution < 1.29 is 17.9 Å². The number of hydrogen-bond donors (Lipinski definition) is 2. The molecule has 4 nitrogen and oxygen atoms in total. The summed E-state index contributed by atoms with van der Waals surface area (Å²) in [6, 6.07) is 10.1. The number of ether oxygens (including phenoxy) is 1. The molecule has 2 rings (SSSR count). The highest BCUT2D eigenvalue weighted by atomic mass is 32.1. The zero-order valence-electron chi connectivity index (χ0n) is 13.3. The van der Waals surface area contributed by atoms with Gasteiger partial charge in [-0.05, 0) is 25.1 Å². The van der Waals surface area contributed by atoms with Crippen molar-refractivity contribution in [2.45, 2.75) is 26.4 Å². The third kappa shape index (κ3) is 5.77. The fourth-order valence-corrected chi connectivity index (χ4v) is 2.85. The molecule has 0 atom stereocenters. The van der Waals surface area contributed by atoms with Gasteiger partial charge >= 0.3 is 6.36 Å². The smallest absolute Gasteiger partial charge is 0.405 e. The Morgan fingerprint density at radius 3 is 2.46 bits per heavy atom. The second-order valence-corrected chi connectivity index (χ2v) is 6.32. The highest BCUT2D eigenvalue weighted by Crippen LogP contribution is 2.26. The normalized spacial score (nSPS) is 12.1. The van der Waals surface area contributed by atoms with E-state index in [1.165, 1.54) is 17.0 Å². The Morgan fingerprint density at radius 1 is 1.12 bits per heavy atom. The number of aliphatic imine (C=N–C) groups is 1. The molecule has 0 saturated heterocycles. The van der Waals surface area contributed by atoms with Gasteiger partial charge in [0.2, 0.25) is 0 Å². The van der Waals surface area contributed by atoms with E-state index in [0.717, 1.165) is 4.88 Å². The number of nitrogens with zero attached hydrogens (tertiary/aromatic N) is 1. The zero-order valence-corrected chi connectivity index (χ0v) is 14.1. The van der Waals surface area contributed by atoms with E-state index in [2.05, 4.69) is 20.4 Å². The number of para-hydroxylation sites is 1. The number of alkyl halides is 3. The van der Waals surface area contributed by atoms with Crippen LogP contribution in [0.5, 0.6) is 5.75 Å². The van der Waals surface area contributed by atoms with Crippen molar-refractivity contribution in [3.63, 3.8) is 0 Å². The van der Waals surface area contributed by atoms with Gasteiger partial charge in [0, 0.05) is 28.9 Å². The Labute approximate surface area is 142 Å². The molecule has 1 aromatic carbocycles. The van der Waals surface area contributed by atoms with Gasteiger partial charge in [0.1, 0.15) is 5.75 Å². The molecule has 8 heteroatoms. The lowest BCUT2D eigenvalue weighted by molar-refractivity contribution is -0.274. The summed E-state index contributed by atoms with van der Waals surface area (Å²) in [5.74, 6) is 0.282. The first kappa shape index (κ1) is 18.1. The van der Waals surface area contributed by atoms with Gasteiger partial charge in [-0.25, -0.2) is 0 Å². The topological polar surface area (TPSA) is 45.7 Å². The van der Waals surface area contributed by atoms with Crippen LogP contribution in [-0.2, 0) is 13.1 Å². The molecule has 0 aliphatic heterocycles. The van der Waals surface area contributed by atoms with Crippen molar-refractivity contribution in [1.29, 1.82) is 0 Å². The molecule has 130 valence electrons. The number of thiophene rings is 1. The highest BCUT2D eigenvalue weighted by molar-refractivity contribution is 7.11. The summed E-state index contributed by atoms with van der Waals surface area (Å²) < 4.78 is 41.3. The Balaban J connectivity index is 1.93. The van der Waals surface area contributed by atoms with Gasteiger partial charge in [-0.1, -0.05) is 18.2 Å². The fraction of sp³-hybridized carbons (Fsp3) is 0.312. The van der Waals surface area contributed by atoms with Gasteiger partial charge in [0.15, 0.2) is 5.96 Å². The van der Waals surface area contributed by atoms with Crippen LogP contribution in [0, 0.1) is 6.92 Å². The molecule has 0 saturated carbocycles. The van der Waals surface area contributed by atoms with E-state index in [1.807, 2.05) is 19.1 Å². The van der Waals surface area contributed by atoms with Crippen molar-refractivity contribution in [3.8, 4) is 5.75 Å². The lowest BCUT2D eigenvalue weighted by Crippen LogP contribution is -2.36. The number of rotatable bonds is 5. The SMILES string of the molecule is CN=C(NCc1ccc(C)s1)NCc1ccccc1OC(F)(F)F. The molecule has 1 heterocycles. The van der Waals surface area contributed by atoms with Crippen LogP contribution in [0.25, 0.3) is 0 Å². The van der Waals surface area contributed by atoms with Crippen LogP contribution in [-0.4, -0.2) is 19.4 Å². The van der Waals surface area contributed by atoms with E-state index >= 15 is 0 Å². The molecule has 0 aliphatic carbocycles. The number of nitrogens with one attached hydrogen (secondary N) is 2. The summed E-state index contributed by atoms with van der Waals surface area (Å²) in [7, 11) is 1.60. The standard InChI is InChI=1S/C16H18F3N3OS/c1-11-7-8-13(24-11)10-22-15(20-2)21-9-12-5-3-4-6-14(12)23-16(17,18)19/h3-8H,9-10H2,1-2H3,(H2,20,21,22). The second-order valence-electron chi connectivity index (χ2n) is 4.95. The van der Waals surface area contributed by atoms with Crippen LogP contribution >= 0.6 is 11.3 Å². The number of aryl methyl sites for hydroxylation is 1. The summed E-state index contributed by atoms with van der Waals surface area (Å²) in [4.78, 5) is 6.43. The molecule has 0 unspecified atom stereocenters. The highest BCUT2D eigenvalue weighted by Gasteiger charge is 2.31. The van der Waals surface area contributed by atoms with E-state index < -0.39 is 6.36 Å². The van der Waals surface area contributed by atoms with Crippen LogP contribution in [0.1, 0.15) is 15.3 Å². The summed E-state index contributed by atoms with van der Waals surface area (Å²) in [6.07, 6.45) is -4.72. The Bertz CT molecular complexity index is 698. The maximum absolute atomic E-state index is 12.4. The van der Waals surface area contributed by atoms with Crippen LogP contribution in [0.2, 0.25) is 0 Å². The van der Waals surface area contributed by atoms with Crippen LogP contribution < -0.4 is 15.4 Å². The first-order chi connectivity index (χ1) is 11.4. The van der Waals surface area contributed by atoms with E-state index in [1.54, 1.807) is 30.5 Å². The molecule has 0 radical (unpaired) electrons. The third-order valence-electron chi connectivity index (χ3n) is 3.09. The first-order valence-corrected chi connectivity index (χ1v) is 8.02. The number of hydrogen-bond acceptors (Lipinski definition) is 3. The molecule has 24 heavy (non-hydrogen) atoms. The molecule has 2 N–H and O–H groups in total. The van der Waals surface area contributed by atoms with Gasteiger partial charge in [-0.2, -0.15) is 0 Å². The van der Waals surface area contributed by atoms with E-state index in [0.29, 0.717) is 18.1 Å². The average molecular weight is 357 g/mol. The molecule has 2 aromatic rings. The maximum atomic E-state index is 12.4. The van der Waals surface area contributed by atoms with Gasteiger partial charge < -0.3 is 15.4 Å². The Hall–Kier alpha value is -2.22. The second kappa shape index (κ2) is 8.05. The zero-order chi connectivity index (χ0) is 17.6. The molecule has 0 aliphatic rings. The van der Waals surface area contributed by atoms with Crippen molar-refractivity contribution in [2.24, 2.45) is 4.99 Å². The number of halogens is 3. The van der Waals surface area contributed by atoms with Crippen molar-refractivity contribution in [3.05, 3.63) is 51.7 Å². The summed E-state index contributed by atoms with van der Waals surface area (Å²) >= 11 is 1.67. The minimum atomic E-state index is -4.72. The minimum absolute atomic E-state index is 0.162. The first-order valence-electron chi connectivity index (χ1n) is 7.21. The van der Waals surface area contributed by atoms with Crippen molar-refractivity contribution in [1.82, 2.24) is 10.6 Å². The van der Waals surface area contributed by atoms with E-state index in [-0.39, 0.29) is 12.3 Å².